The van der Waals surface area contributed by atoms with E-state index in [1.807, 2.05) is 24.3 Å². The van der Waals surface area contributed by atoms with Crippen LogP contribution in [0.15, 0.2) is 33.9 Å². The lowest BCUT2D eigenvalue weighted by Crippen LogP contribution is -2.26. The first-order valence-electron chi connectivity index (χ1n) is 7.51. The van der Waals surface area contributed by atoms with Crippen molar-refractivity contribution in [3.63, 3.8) is 0 Å². The molecule has 0 fully saturated rings. The number of aromatic nitrogens is 1. The van der Waals surface area contributed by atoms with Crippen molar-refractivity contribution >= 4 is 34.7 Å². The smallest absolute Gasteiger partial charge is 0.305 e. The highest BCUT2D eigenvalue weighted by molar-refractivity contribution is 7.99. The molecule has 23 heavy (non-hydrogen) atoms. The predicted octanol–water partition coefficient (Wildman–Crippen LogP) is 2.77. The van der Waals surface area contributed by atoms with Crippen LogP contribution >= 0.6 is 11.8 Å². The number of ether oxygens (including phenoxy) is 1. The average molecular weight is 336 g/mol. The number of thioether (sulfide) groups is 1. The van der Waals surface area contributed by atoms with Crippen LogP contribution in [-0.4, -0.2) is 36.3 Å². The van der Waals surface area contributed by atoms with Gasteiger partial charge in [0.1, 0.15) is 5.52 Å². The monoisotopic (exact) mass is 336 g/mol. The molecule has 0 aliphatic heterocycles. The summed E-state index contributed by atoms with van der Waals surface area (Å²) in [5.74, 6) is 0.0311. The first-order chi connectivity index (χ1) is 11.2. The van der Waals surface area contributed by atoms with Gasteiger partial charge in [-0.25, -0.2) is 4.98 Å². The molecule has 0 spiro atoms. The molecule has 0 unspecified atom stereocenters. The van der Waals surface area contributed by atoms with Gasteiger partial charge in [-0.15, -0.1) is 0 Å². The van der Waals surface area contributed by atoms with Crippen LogP contribution in [0.25, 0.3) is 11.1 Å². The lowest BCUT2D eigenvalue weighted by molar-refractivity contribution is -0.140. The summed E-state index contributed by atoms with van der Waals surface area (Å²) in [4.78, 5) is 27.0. The number of carbonyl (C=O) groups is 2. The van der Waals surface area contributed by atoms with Gasteiger partial charge in [-0.1, -0.05) is 30.3 Å². The summed E-state index contributed by atoms with van der Waals surface area (Å²) < 4.78 is 10.1. The zero-order chi connectivity index (χ0) is 16.5. The Morgan fingerprint density at radius 3 is 2.87 bits per heavy atom. The quantitative estimate of drug-likeness (QED) is 0.431. The number of carbonyl (C=O) groups excluding carboxylic acids is 2. The maximum absolute atomic E-state index is 11.7. The molecule has 1 heterocycles. The highest BCUT2D eigenvalue weighted by Crippen LogP contribution is 2.22. The van der Waals surface area contributed by atoms with Gasteiger partial charge < -0.3 is 14.5 Å². The van der Waals surface area contributed by atoms with E-state index in [1.165, 1.54) is 18.9 Å². The summed E-state index contributed by atoms with van der Waals surface area (Å²) in [7, 11) is 1.39. The predicted molar refractivity (Wildman–Crippen MR) is 88.2 cm³/mol. The lowest BCUT2D eigenvalue weighted by Gasteiger charge is -2.04. The standard InChI is InChI=1S/C16H20N2O4S/c1-21-15(20)9-3-2-6-10-17-14(19)11-23-16-18-12-7-4-5-8-13(12)22-16/h4-5,7-8H,2-3,6,9-11H2,1H3,(H,17,19). The van der Waals surface area contributed by atoms with Gasteiger partial charge in [-0.3, -0.25) is 9.59 Å². The molecule has 0 atom stereocenters. The van der Waals surface area contributed by atoms with E-state index in [0.717, 1.165) is 30.4 Å². The largest absolute Gasteiger partial charge is 0.469 e. The lowest BCUT2D eigenvalue weighted by atomic mass is 10.2. The second kappa shape index (κ2) is 9.19. The topological polar surface area (TPSA) is 81.4 Å². The SMILES string of the molecule is COC(=O)CCCCCNC(=O)CSc1nc2ccccc2o1. The molecular formula is C16H20N2O4S. The molecule has 0 radical (unpaired) electrons. The molecule has 0 bridgehead atoms. The van der Waals surface area contributed by atoms with Crippen molar-refractivity contribution in [2.45, 2.75) is 30.9 Å². The van der Waals surface area contributed by atoms with Crippen molar-refractivity contribution < 1.29 is 18.7 Å². The third-order valence-corrected chi connectivity index (χ3v) is 4.04. The van der Waals surface area contributed by atoms with Crippen LogP contribution in [-0.2, 0) is 14.3 Å². The van der Waals surface area contributed by atoms with Gasteiger partial charge in [0.2, 0.25) is 5.91 Å². The average Bonchev–Trinajstić information content (AvgIpc) is 2.98. The Bertz CT molecular complexity index is 623. The van der Waals surface area contributed by atoms with Crippen LogP contribution in [0.4, 0.5) is 0 Å². The fourth-order valence-electron chi connectivity index (χ4n) is 1.99. The van der Waals surface area contributed by atoms with Gasteiger partial charge in [0.15, 0.2) is 5.58 Å². The van der Waals surface area contributed by atoms with Gasteiger partial charge in [-0.05, 0) is 25.0 Å². The minimum atomic E-state index is -0.191. The number of hydrogen-bond donors (Lipinski definition) is 1. The third kappa shape index (κ3) is 5.94. The van der Waals surface area contributed by atoms with Gasteiger partial charge in [0.05, 0.1) is 12.9 Å². The molecule has 0 aliphatic rings. The van der Waals surface area contributed by atoms with Crippen molar-refractivity contribution in [3.05, 3.63) is 24.3 Å². The van der Waals surface area contributed by atoms with Crippen LogP contribution in [0.3, 0.4) is 0 Å². The highest BCUT2D eigenvalue weighted by atomic mass is 32.2. The molecule has 2 aromatic rings. The van der Waals surface area contributed by atoms with Crippen molar-refractivity contribution in [2.24, 2.45) is 0 Å². The first-order valence-corrected chi connectivity index (χ1v) is 8.49. The van der Waals surface area contributed by atoms with Gasteiger partial charge >= 0.3 is 5.97 Å². The minimum absolute atomic E-state index is 0.0507. The summed E-state index contributed by atoms with van der Waals surface area (Å²) in [6, 6.07) is 7.50. The number of para-hydroxylation sites is 2. The van der Waals surface area contributed by atoms with Crippen LogP contribution in [0, 0.1) is 0 Å². The second-order valence-corrected chi connectivity index (χ2v) is 5.90. The van der Waals surface area contributed by atoms with E-state index in [4.69, 9.17) is 4.42 Å². The number of benzene rings is 1. The number of nitrogens with zero attached hydrogens (tertiary/aromatic N) is 1. The molecule has 0 saturated heterocycles. The van der Waals surface area contributed by atoms with Crippen molar-refractivity contribution in [1.82, 2.24) is 10.3 Å². The Balaban J connectivity index is 1.59. The van der Waals surface area contributed by atoms with Crippen LogP contribution in [0.5, 0.6) is 0 Å². The Morgan fingerprint density at radius 1 is 1.26 bits per heavy atom. The van der Waals surface area contributed by atoms with Crippen molar-refractivity contribution in [3.8, 4) is 0 Å². The van der Waals surface area contributed by atoms with E-state index in [0.29, 0.717) is 18.2 Å². The zero-order valence-corrected chi connectivity index (χ0v) is 13.9. The number of fused-ring (bicyclic) bond motifs is 1. The van der Waals surface area contributed by atoms with E-state index in [-0.39, 0.29) is 17.6 Å². The zero-order valence-electron chi connectivity index (χ0n) is 13.0. The number of nitrogens with one attached hydrogen (secondary N) is 1. The van der Waals surface area contributed by atoms with Crippen molar-refractivity contribution in [2.75, 3.05) is 19.4 Å². The molecule has 0 aliphatic carbocycles. The van der Waals surface area contributed by atoms with E-state index in [2.05, 4.69) is 15.0 Å². The fourth-order valence-corrected chi connectivity index (χ4v) is 2.66. The maximum Gasteiger partial charge on any atom is 0.305 e. The normalized spacial score (nSPS) is 10.7. The number of oxazole rings is 1. The number of rotatable bonds is 9. The Kier molecular flexibility index (Phi) is 6.93. The summed E-state index contributed by atoms with van der Waals surface area (Å²) in [5, 5.41) is 3.34. The van der Waals surface area contributed by atoms with Crippen molar-refractivity contribution in [1.29, 1.82) is 0 Å². The fraction of sp³-hybridized carbons (Fsp3) is 0.438. The van der Waals surface area contributed by atoms with Crippen LogP contribution in [0.1, 0.15) is 25.7 Å². The van der Waals surface area contributed by atoms with Gasteiger partial charge in [0, 0.05) is 13.0 Å². The second-order valence-electron chi connectivity index (χ2n) is 4.97. The van der Waals surface area contributed by atoms with Gasteiger partial charge in [-0.2, -0.15) is 0 Å². The summed E-state index contributed by atoms with van der Waals surface area (Å²) >= 11 is 1.28. The minimum Gasteiger partial charge on any atom is -0.469 e. The molecule has 1 amide bonds. The van der Waals surface area contributed by atoms with E-state index in [9.17, 15) is 9.59 Å². The number of hydrogen-bond acceptors (Lipinski definition) is 6. The summed E-state index contributed by atoms with van der Waals surface area (Å²) in [5.41, 5.74) is 1.52. The molecule has 0 saturated carbocycles. The maximum atomic E-state index is 11.7. The first kappa shape index (κ1) is 17.3. The van der Waals surface area contributed by atoms with E-state index in [1.54, 1.807) is 0 Å². The molecule has 124 valence electrons. The Morgan fingerprint density at radius 2 is 2.09 bits per heavy atom. The number of amides is 1. The number of unbranched alkanes of at least 4 members (excludes halogenated alkanes) is 2. The molecule has 6 nitrogen and oxygen atoms in total. The van der Waals surface area contributed by atoms with E-state index < -0.39 is 0 Å². The number of methoxy groups -OCH3 is 1. The summed E-state index contributed by atoms with van der Waals surface area (Å²) in [6.45, 7) is 0.605. The molecule has 1 aromatic heterocycles. The van der Waals surface area contributed by atoms with Crippen LogP contribution < -0.4 is 5.32 Å². The third-order valence-electron chi connectivity index (χ3n) is 3.21. The Labute approximate surface area is 139 Å². The molecule has 7 heteroatoms. The van der Waals surface area contributed by atoms with E-state index >= 15 is 0 Å². The molecule has 1 aromatic carbocycles. The molecular weight excluding hydrogens is 316 g/mol. The van der Waals surface area contributed by atoms with Crippen LogP contribution in [0.2, 0.25) is 0 Å². The molecule has 2 rings (SSSR count). The highest BCUT2D eigenvalue weighted by Gasteiger charge is 2.08. The van der Waals surface area contributed by atoms with Gasteiger partial charge in [0.25, 0.3) is 5.22 Å². The molecule has 1 N–H and O–H groups in total. The number of esters is 1. The summed E-state index contributed by atoms with van der Waals surface area (Å²) in [6.07, 6.45) is 2.93. The Hall–Kier alpha value is -2.02.